The first-order chi connectivity index (χ1) is 7.43. The van der Waals surface area contributed by atoms with E-state index in [-0.39, 0.29) is 10.8 Å². The number of rotatable bonds is 3. The van der Waals surface area contributed by atoms with Gasteiger partial charge in [-0.1, -0.05) is 11.6 Å². The molecule has 1 aromatic rings. The molecular formula is C9H6ClF3N2O. The molecule has 16 heavy (non-hydrogen) atoms. The van der Waals surface area contributed by atoms with Crippen molar-refractivity contribution in [1.29, 1.82) is 5.26 Å². The number of halogens is 4. The smallest absolute Gasteiger partial charge is 0.407 e. The van der Waals surface area contributed by atoms with Gasteiger partial charge in [-0.3, -0.25) is 4.98 Å². The Labute approximate surface area is 94.4 Å². The molecular weight excluding hydrogens is 245 g/mol. The Morgan fingerprint density at radius 3 is 2.69 bits per heavy atom. The van der Waals surface area contributed by atoms with E-state index in [9.17, 15) is 13.2 Å². The summed E-state index contributed by atoms with van der Waals surface area (Å²) in [5.74, 6) is -2.07. The summed E-state index contributed by atoms with van der Waals surface area (Å²) >= 11 is 5.55. The van der Waals surface area contributed by atoms with Gasteiger partial charge in [-0.15, -0.1) is 0 Å². The van der Waals surface area contributed by atoms with Crippen molar-refractivity contribution in [3.05, 3.63) is 23.5 Å². The third-order valence-electron chi connectivity index (χ3n) is 1.65. The molecule has 1 heterocycles. The Kier molecular flexibility index (Phi) is 3.96. The van der Waals surface area contributed by atoms with E-state index in [1.165, 1.54) is 18.5 Å². The van der Waals surface area contributed by atoms with Crippen LogP contribution in [-0.2, 0) is 0 Å². The molecule has 0 bridgehead atoms. The summed E-state index contributed by atoms with van der Waals surface area (Å²) in [6.45, 7) is -0.776. The highest BCUT2D eigenvalue weighted by molar-refractivity contribution is 6.30. The molecule has 0 amide bonds. The number of ether oxygens (including phenoxy) is 1. The Bertz CT molecular complexity index is 402. The van der Waals surface area contributed by atoms with Crippen molar-refractivity contribution >= 4 is 11.6 Å². The monoisotopic (exact) mass is 250 g/mol. The van der Waals surface area contributed by atoms with Crippen LogP contribution in [0.15, 0.2) is 18.5 Å². The molecule has 0 spiro atoms. The Morgan fingerprint density at radius 1 is 1.50 bits per heavy atom. The van der Waals surface area contributed by atoms with E-state index in [1.54, 1.807) is 0 Å². The summed E-state index contributed by atoms with van der Waals surface area (Å²) in [5, 5.41) is 8.55. The zero-order chi connectivity index (χ0) is 12.2. The van der Waals surface area contributed by atoms with E-state index in [0.29, 0.717) is 0 Å². The topological polar surface area (TPSA) is 45.9 Å². The molecule has 1 rings (SSSR count). The van der Waals surface area contributed by atoms with Gasteiger partial charge in [-0.25, -0.2) is 0 Å². The van der Waals surface area contributed by atoms with Crippen LogP contribution in [-0.4, -0.2) is 17.8 Å². The van der Waals surface area contributed by atoms with Crippen molar-refractivity contribution in [2.75, 3.05) is 6.61 Å². The van der Waals surface area contributed by atoms with Crippen molar-refractivity contribution in [2.45, 2.75) is 6.18 Å². The fourth-order valence-electron chi connectivity index (χ4n) is 0.856. The summed E-state index contributed by atoms with van der Waals surface area (Å²) in [7, 11) is 0. The van der Waals surface area contributed by atoms with Crippen LogP contribution in [0.4, 0.5) is 13.2 Å². The zero-order valence-corrected chi connectivity index (χ0v) is 8.59. The number of nitriles is 1. The van der Waals surface area contributed by atoms with Gasteiger partial charge in [0.1, 0.15) is 12.4 Å². The molecule has 0 N–H and O–H groups in total. The Hall–Kier alpha value is -1.48. The second kappa shape index (κ2) is 5.03. The first kappa shape index (κ1) is 12.6. The third kappa shape index (κ3) is 3.59. The van der Waals surface area contributed by atoms with Crippen molar-refractivity contribution in [1.82, 2.24) is 4.98 Å². The predicted octanol–water partition coefficient (Wildman–Crippen LogP) is 2.82. The van der Waals surface area contributed by atoms with E-state index < -0.39 is 18.7 Å². The number of hydrogen-bond acceptors (Lipinski definition) is 3. The lowest BCUT2D eigenvalue weighted by atomic mass is 10.2. The van der Waals surface area contributed by atoms with Crippen molar-refractivity contribution in [3.63, 3.8) is 0 Å². The van der Waals surface area contributed by atoms with Gasteiger partial charge in [0.05, 0.1) is 17.3 Å². The number of aromatic nitrogens is 1. The highest BCUT2D eigenvalue weighted by Gasteiger charge is 2.40. The summed E-state index contributed by atoms with van der Waals surface area (Å²) in [6, 6.07) is 2.44. The zero-order valence-electron chi connectivity index (χ0n) is 7.83. The van der Waals surface area contributed by atoms with Crippen LogP contribution in [0.1, 0.15) is 0 Å². The second-order valence-electron chi connectivity index (χ2n) is 2.87. The van der Waals surface area contributed by atoms with E-state index in [1.807, 2.05) is 0 Å². The van der Waals surface area contributed by atoms with Gasteiger partial charge in [0.2, 0.25) is 0 Å². The van der Waals surface area contributed by atoms with E-state index in [0.717, 1.165) is 6.07 Å². The van der Waals surface area contributed by atoms with Crippen LogP contribution in [0, 0.1) is 17.2 Å². The van der Waals surface area contributed by atoms with E-state index in [4.69, 9.17) is 21.6 Å². The minimum atomic E-state index is -4.60. The number of pyridine rings is 1. The molecule has 0 fully saturated rings. The fourth-order valence-corrected chi connectivity index (χ4v) is 1.02. The molecule has 1 unspecified atom stereocenters. The normalized spacial score (nSPS) is 12.9. The maximum Gasteiger partial charge on any atom is 0.407 e. The Balaban J connectivity index is 2.61. The predicted molar refractivity (Wildman–Crippen MR) is 49.9 cm³/mol. The highest BCUT2D eigenvalue weighted by atomic mass is 35.5. The highest BCUT2D eigenvalue weighted by Crippen LogP contribution is 2.26. The van der Waals surface area contributed by atoms with Gasteiger partial charge >= 0.3 is 6.18 Å². The number of nitrogens with zero attached hydrogens (tertiary/aromatic N) is 2. The number of alkyl halides is 3. The average molecular weight is 251 g/mol. The first-order valence-corrected chi connectivity index (χ1v) is 4.51. The maximum absolute atomic E-state index is 12.2. The van der Waals surface area contributed by atoms with Gasteiger partial charge in [0.15, 0.2) is 5.92 Å². The van der Waals surface area contributed by atoms with Crippen LogP contribution in [0.5, 0.6) is 5.75 Å². The quantitative estimate of drug-likeness (QED) is 0.829. The molecule has 0 saturated heterocycles. The lowest BCUT2D eigenvalue weighted by Gasteiger charge is -2.13. The summed E-state index contributed by atoms with van der Waals surface area (Å²) in [6.07, 6.45) is -2.06. The first-order valence-electron chi connectivity index (χ1n) is 4.13. The molecule has 0 aliphatic rings. The van der Waals surface area contributed by atoms with Crippen molar-refractivity contribution in [2.24, 2.45) is 5.92 Å². The molecule has 86 valence electrons. The summed E-state index contributed by atoms with van der Waals surface area (Å²) in [4.78, 5) is 3.63. The molecule has 1 atom stereocenters. The molecule has 0 saturated carbocycles. The molecule has 0 aromatic carbocycles. The second-order valence-corrected chi connectivity index (χ2v) is 3.31. The SMILES string of the molecule is N#CC(COc1cncc(Cl)c1)C(F)(F)F. The average Bonchev–Trinajstić information content (AvgIpc) is 2.16. The van der Waals surface area contributed by atoms with Crippen LogP contribution in [0.2, 0.25) is 5.02 Å². The largest absolute Gasteiger partial charge is 0.490 e. The van der Waals surface area contributed by atoms with Crippen LogP contribution < -0.4 is 4.74 Å². The van der Waals surface area contributed by atoms with Crippen molar-refractivity contribution in [3.8, 4) is 11.8 Å². The Morgan fingerprint density at radius 2 is 2.19 bits per heavy atom. The number of hydrogen-bond donors (Lipinski definition) is 0. The third-order valence-corrected chi connectivity index (χ3v) is 1.85. The lowest BCUT2D eigenvalue weighted by molar-refractivity contribution is -0.165. The fraction of sp³-hybridized carbons (Fsp3) is 0.333. The maximum atomic E-state index is 12.2. The van der Waals surface area contributed by atoms with Gasteiger partial charge in [0, 0.05) is 12.3 Å². The van der Waals surface area contributed by atoms with Crippen LogP contribution in [0.3, 0.4) is 0 Å². The molecule has 7 heteroatoms. The van der Waals surface area contributed by atoms with Gasteiger partial charge < -0.3 is 4.74 Å². The van der Waals surface area contributed by atoms with Crippen LogP contribution in [0.25, 0.3) is 0 Å². The minimum Gasteiger partial charge on any atom is -0.490 e. The minimum absolute atomic E-state index is 0.0944. The lowest BCUT2D eigenvalue weighted by Crippen LogP contribution is -2.27. The van der Waals surface area contributed by atoms with Crippen molar-refractivity contribution < 1.29 is 17.9 Å². The molecule has 1 aromatic heterocycles. The molecule has 0 aliphatic carbocycles. The summed E-state index contributed by atoms with van der Waals surface area (Å²) < 4.78 is 41.3. The van der Waals surface area contributed by atoms with E-state index in [2.05, 4.69) is 4.98 Å². The molecule has 0 aliphatic heterocycles. The van der Waals surface area contributed by atoms with E-state index >= 15 is 0 Å². The van der Waals surface area contributed by atoms with Gasteiger partial charge in [0.25, 0.3) is 0 Å². The van der Waals surface area contributed by atoms with Gasteiger partial charge in [-0.05, 0) is 0 Å². The summed E-state index contributed by atoms with van der Waals surface area (Å²) in [5.41, 5.74) is 0. The standard InChI is InChI=1S/C9H6ClF3N2O/c10-7-1-8(4-15-3-7)16-5-6(2-14)9(11,12)13/h1,3-4,6H,5H2. The van der Waals surface area contributed by atoms with Gasteiger partial charge in [-0.2, -0.15) is 18.4 Å². The van der Waals surface area contributed by atoms with Crippen LogP contribution >= 0.6 is 11.6 Å². The molecule has 0 radical (unpaired) electrons. The molecule has 3 nitrogen and oxygen atoms in total.